The Labute approximate surface area is 95.8 Å². The van der Waals surface area contributed by atoms with E-state index >= 15 is 0 Å². The molecule has 1 aromatic carbocycles. The molecule has 1 aliphatic heterocycles. The first-order valence-electron chi connectivity index (χ1n) is 5.77. The number of carbonyl (C=O) groups is 1. The predicted octanol–water partition coefficient (Wildman–Crippen LogP) is 1.52. The maximum atomic E-state index is 11.4. The maximum Gasteiger partial charge on any atom is 0.220 e. The maximum absolute atomic E-state index is 11.4. The van der Waals surface area contributed by atoms with E-state index in [9.17, 15) is 4.79 Å². The van der Waals surface area contributed by atoms with Crippen molar-refractivity contribution in [2.45, 2.75) is 25.4 Å². The van der Waals surface area contributed by atoms with Crippen molar-refractivity contribution in [3.8, 4) is 0 Å². The fourth-order valence-corrected chi connectivity index (χ4v) is 1.60. The largest absolute Gasteiger partial charge is 0.371 e. The zero-order chi connectivity index (χ0) is 11.2. The zero-order valence-electron chi connectivity index (χ0n) is 9.32. The van der Waals surface area contributed by atoms with Gasteiger partial charge in [-0.1, -0.05) is 30.3 Å². The van der Waals surface area contributed by atoms with Gasteiger partial charge < -0.3 is 10.1 Å². The average Bonchev–Trinajstić information content (AvgIpc) is 3.12. The second-order valence-corrected chi connectivity index (χ2v) is 4.10. The van der Waals surface area contributed by atoms with Crippen molar-refractivity contribution < 1.29 is 9.53 Å². The number of ether oxygens (including phenoxy) is 1. The molecule has 1 saturated heterocycles. The highest BCUT2D eigenvalue weighted by Crippen LogP contribution is 2.07. The summed E-state index contributed by atoms with van der Waals surface area (Å²) in [4.78, 5) is 11.4. The SMILES string of the molecule is O=C(CCCc1ccccc1)NC[C@H]1CO1. The summed E-state index contributed by atoms with van der Waals surface area (Å²) >= 11 is 0. The lowest BCUT2D eigenvalue weighted by Gasteiger charge is -2.03. The third-order valence-electron chi connectivity index (χ3n) is 2.64. The molecule has 1 fully saturated rings. The van der Waals surface area contributed by atoms with E-state index in [1.165, 1.54) is 5.56 Å². The van der Waals surface area contributed by atoms with Gasteiger partial charge in [-0.3, -0.25) is 4.79 Å². The van der Waals surface area contributed by atoms with Crippen molar-refractivity contribution >= 4 is 5.91 Å². The lowest BCUT2D eigenvalue weighted by Crippen LogP contribution is -2.27. The minimum absolute atomic E-state index is 0.131. The summed E-state index contributed by atoms with van der Waals surface area (Å²) < 4.78 is 5.02. The molecular formula is C13H17NO2. The van der Waals surface area contributed by atoms with Crippen LogP contribution in [0.1, 0.15) is 18.4 Å². The van der Waals surface area contributed by atoms with Gasteiger partial charge >= 0.3 is 0 Å². The summed E-state index contributed by atoms with van der Waals surface area (Å²) in [5, 5.41) is 2.87. The fraction of sp³-hybridized carbons (Fsp3) is 0.462. The highest BCUT2D eigenvalue weighted by atomic mass is 16.6. The Morgan fingerprint density at radius 2 is 2.12 bits per heavy atom. The molecule has 1 amide bonds. The molecule has 1 heterocycles. The van der Waals surface area contributed by atoms with Gasteiger partial charge in [0.15, 0.2) is 0 Å². The molecule has 0 radical (unpaired) electrons. The van der Waals surface area contributed by atoms with Crippen LogP contribution in [0, 0.1) is 0 Å². The number of nitrogens with one attached hydrogen (secondary N) is 1. The first-order valence-corrected chi connectivity index (χ1v) is 5.77. The molecule has 3 heteroatoms. The van der Waals surface area contributed by atoms with Crippen LogP contribution >= 0.6 is 0 Å². The molecule has 2 rings (SSSR count). The Kier molecular flexibility index (Phi) is 3.94. The van der Waals surface area contributed by atoms with Crippen molar-refractivity contribution in [3.05, 3.63) is 35.9 Å². The van der Waals surface area contributed by atoms with Gasteiger partial charge in [-0.15, -0.1) is 0 Å². The molecule has 0 bridgehead atoms. The Balaban J connectivity index is 1.58. The minimum atomic E-state index is 0.131. The highest BCUT2D eigenvalue weighted by Gasteiger charge is 2.22. The highest BCUT2D eigenvalue weighted by molar-refractivity contribution is 5.75. The van der Waals surface area contributed by atoms with Gasteiger partial charge in [-0.05, 0) is 18.4 Å². The van der Waals surface area contributed by atoms with Crippen molar-refractivity contribution in [1.82, 2.24) is 5.32 Å². The van der Waals surface area contributed by atoms with Gasteiger partial charge in [0.25, 0.3) is 0 Å². The smallest absolute Gasteiger partial charge is 0.220 e. The third-order valence-corrected chi connectivity index (χ3v) is 2.64. The van der Waals surface area contributed by atoms with Crippen LogP contribution in [-0.4, -0.2) is 25.2 Å². The molecule has 1 atom stereocenters. The van der Waals surface area contributed by atoms with E-state index in [0.717, 1.165) is 19.4 Å². The first-order chi connectivity index (χ1) is 7.84. The first kappa shape index (κ1) is 11.1. The van der Waals surface area contributed by atoms with Gasteiger partial charge in [0.2, 0.25) is 5.91 Å². The monoisotopic (exact) mass is 219 g/mol. The molecule has 0 aliphatic carbocycles. The Morgan fingerprint density at radius 3 is 2.81 bits per heavy atom. The number of carbonyl (C=O) groups excluding carboxylic acids is 1. The number of amides is 1. The van der Waals surface area contributed by atoms with Crippen molar-refractivity contribution in [1.29, 1.82) is 0 Å². The van der Waals surface area contributed by atoms with E-state index in [-0.39, 0.29) is 12.0 Å². The van der Waals surface area contributed by atoms with E-state index in [1.807, 2.05) is 18.2 Å². The van der Waals surface area contributed by atoms with E-state index in [4.69, 9.17) is 4.74 Å². The molecule has 86 valence electrons. The standard InChI is InChI=1S/C13H17NO2/c15-13(14-9-12-10-16-12)8-4-7-11-5-2-1-3-6-11/h1-3,5-6,12H,4,7-10H2,(H,14,15)/t12-/m0/s1. The van der Waals surface area contributed by atoms with Crippen LogP contribution in [-0.2, 0) is 16.0 Å². The van der Waals surface area contributed by atoms with E-state index < -0.39 is 0 Å². The summed E-state index contributed by atoms with van der Waals surface area (Å²) in [7, 11) is 0. The molecule has 0 spiro atoms. The Morgan fingerprint density at radius 1 is 1.38 bits per heavy atom. The van der Waals surface area contributed by atoms with E-state index in [0.29, 0.717) is 13.0 Å². The number of aryl methyl sites for hydroxylation is 1. The lowest BCUT2D eigenvalue weighted by molar-refractivity contribution is -0.121. The molecule has 1 aliphatic rings. The second-order valence-electron chi connectivity index (χ2n) is 4.10. The average molecular weight is 219 g/mol. The van der Waals surface area contributed by atoms with Crippen molar-refractivity contribution in [3.63, 3.8) is 0 Å². The second kappa shape index (κ2) is 5.66. The van der Waals surface area contributed by atoms with Crippen LogP contribution in [0.4, 0.5) is 0 Å². The van der Waals surface area contributed by atoms with Crippen LogP contribution in [0.25, 0.3) is 0 Å². The topological polar surface area (TPSA) is 41.6 Å². The Hall–Kier alpha value is -1.35. The van der Waals surface area contributed by atoms with Gasteiger partial charge in [-0.2, -0.15) is 0 Å². The third kappa shape index (κ3) is 4.03. The van der Waals surface area contributed by atoms with Gasteiger partial charge in [0.05, 0.1) is 12.7 Å². The summed E-state index contributed by atoms with van der Waals surface area (Å²) in [5.74, 6) is 0.131. The van der Waals surface area contributed by atoms with Crippen LogP contribution in [0.3, 0.4) is 0 Å². The molecular weight excluding hydrogens is 202 g/mol. The zero-order valence-corrected chi connectivity index (χ0v) is 9.32. The summed E-state index contributed by atoms with van der Waals surface area (Å²) in [6, 6.07) is 10.2. The molecule has 1 N–H and O–H groups in total. The van der Waals surface area contributed by atoms with Crippen molar-refractivity contribution in [2.75, 3.05) is 13.2 Å². The normalized spacial score (nSPS) is 18.1. The van der Waals surface area contributed by atoms with Crippen LogP contribution < -0.4 is 5.32 Å². The van der Waals surface area contributed by atoms with E-state index in [2.05, 4.69) is 17.4 Å². The summed E-state index contributed by atoms with van der Waals surface area (Å²) in [6.45, 7) is 1.47. The molecule has 0 aromatic heterocycles. The molecule has 0 saturated carbocycles. The quantitative estimate of drug-likeness (QED) is 0.737. The van der Waals surface area contributed by atoms with Gasteiger partial charge in [0, 0.05) is 13.0 Å². The summed E-state index contributed by atoms with van der Waals surface area (Å²) in [5.41, 5.74) is 1.29. The lowest BCUT2D eigenvalue weighted by atomic mass is 10.1. The number of rotatable bonds is 6. The molecule has 3 nitrogen and oxygen atoms in total. The Bertz CT molecular complexity index is 333. The van der Waals surface area contributed by atoms with Gasteiger partial charge in [-0.25, -0.2) is 0 Å². The molecule has 16 heavy (non-hydrogen) atoms. The number of hydrogen-bond donors (Lipinski definition) is 1. The van der Waals surface area contributed by atoms with E-state index in [1.54, 1.807) is 0 Å². The number of hydrogen-bond acceptors (Lipinski definition) is 2. The van der Waals surface area contributed by atoms with Crippen LogP contribution in [0.15, 0.2) is 30.3 Å². The van der Waals surface area contributed by atoms with Gasteiger partial charge in [0.1, 0.15) is 0 Å². The number of benzene rings is 1. The predicted molar refractivity (Wildman–Crippen MR) is 62.1 cm³/mol. The number of epoxide rings is 1. The summed E-state index contributed by atoms with van der Waals surface area (Å²) in [6.07, 6.45) is 2.75. The van der Waals surface area contributed by atoms with Crippen LogP contribution in [0.5, 0.6) is 0 Å². The minimum Gasteiger partial charge on any atom is -0.371 e. The molecule has 1 aromatic rings. The fourth-order valence-electron chi connectivity index (χ4n) is 1.60. The van der Waals surface area contributed by atoms with Crippen LogP contribution in [0.2, 0.25) is 0 Å². The molecule has 0 unspecified atom stereocenters. The van der Waals surface area contributed by atoms with Crippen molar-refractivity contribution in [2.24, 2.45) is 0 Å².